The molecule has 1 atom stereocenters. The highest BCUT2D eigenvalue weighted by atomic mass is 32.2. The lowest BCUT2D eigenvalue weighted by Gasteiger charge is -2.22. The molecular formula is C15H18N2O3S. The summed E-state index contributed by atoms with van der Waals surface area (Å²) in [7, 11) is 1.60. The van der Waals surface area contributed by atoms with Crippen LogP contribution in [0, 0.1) is 0 Å². The Morgan fingerprint density at radius 2 is 2.14 bits per heavy atom. The van der Waals surface area contributed by atoms with Crippen molar-refractivity contribution < 1.29 is 14.3 Å². The van der Waals surface area contributed by atoms with Gasteiger partial charge < -0.3 is 15.2 Å². The second-order valence-electron chi connectivity index (χ2n) is 4.35. The van der Waals surface area contributed by atoms with E-state index in [4.69, 9.17) is 15.2 Å². The highest BCUT2D eigenvalue weighted by molar-refractivity contribution is 8.09. The van der Waals surface area contributed by atoms with Gasteiger partial charge in [0.05, 0.1) is 25.0 Å². The fourth-order valence-electron chi connectivity index (χ4n) is 2.10. The fourth-order valence-corrected chi connectivity index (χ4v) is 3.20. The van der Waals surface area contributed by atoms with E-state index >= 15 is 0 Å². The Morgan fingerprint density at radius 3 is 2.81 bits per heavy atom. The molecule has 112 valence electrons. The first-order valence-corrected chi connectivity index (χ1v) is 7.48. The van der Waals surface area contributed by atoms with Crippen LogP contribution in [0.3, 0.4) is 0 Å². The van der Waals surface area contributed by atoms with E-state index in [-0.39, 0.29) is 5.97 Å². The van der Waals surface area contributed by atoms with Gasteiger partial charge in [0.2, 0.25) is 0 Å². The Bertz CT molecular complexity index is 611. The monoisotopic (exact) mass is 306 g/mol. The van der Waals surface area contributed by atoms with Crippen molar-refractivity contribution in [2.45, 2.75) is 19.3 Å². The second kappa shape index (κ2) is 6.78. The molecule has 5 nitrogen and oxygen atoms in total. The lowest BCUT2D eigenvalue weighted by atomic mass is 10.1. The highest BCUT2D eigenvalue weighted by Gasteiger charge is 2.28. The molecular weight excluding hydrogens is 288 g/mol. The first-order valence-electron chi connectivity index (χ1n) is 6.60. The summed E-state index contributed by atoms with van der Waals surface area (Å²) >= 11 is 1.32. The maximum atomic E-state index is 12.2. The second-order valence-corrected chi connectivity index (χ2v) is 5.47. The Kier molecular flexibility index (Phi) is 5.03. The van der Waals surface area contributed by atoms with Gasteiger partial charge in [0.1, 0.15) is 11.2 Å². The Labute approximate surface area is 128 Å². The van der Waals surface area contributed by atoms with Crippen molar-refractivity contribution in [3.63, 3.8) is 0 Å². The van der Waals surface area contributed by atoms with Crippen LogP contribution in [0.5, 0.6) is 5.75 Å². The van der Waals surface area contributed by atoms with Gasteiger partial charge in [0, 0.05) is 10.5 Å². The third kappa shape index (κ3) is 3.28. The molecule has 0 saturated heterocycles. The first-order chi connectivity index (χ1) is 10.1. The van der Waals surface area contributed by atoms with E-state index < -0.39 is 5.50 Å². The van der Waals surface area contributed by atoms with Gasteiger partial charge >= 0.3 is 5.97 Å². The van der Waals surface area contributed by atoms with Crippen molar-refractivity contribution in [3.05, 3.63) is 35.4 Å². The van der Waals surface area contributed by atoms with E-state index in [1.807, 2.05) is 24.3 Å². The fraction of sp³-hybridized carbons (Fsp3) is 0.333. The van der Waals surface area contributed by atoms with Crippen LogP contribution >= 0.6 is 11.8 Å². The van der Waals surface area contributed by atoms with Crippen molar-refractivity contribution in [3.8, 4) is 5.75 Å². The van der Waals surface area contributed by atoms with Crippen LogP contribution in [-0.2, 0) is 9.53 Å². The van der Waals surface area contributed by atoms with E-state index in [1.54, 1.807) is 21.0 Å². The molecule has 0 aromatic heterocycles. The topological polar surface area (TPSA) is 73.9 Å². The summed E-state index contributed by atoms with van der Waals surface area (Å²) in [5.41, 5.74) is 7.34. The summed E-state index contributed by atoms with van der Waals surface area (Å²) in [5, 5.41) is 0. The smallest absolute Gasteiger partial charge is 0.341 e. The molecule has 0 saturated carbocycles. The Balaban J connectivity index is 2.60. The van der Waals surface area contributed by atoms with Crippen LogP contribution in [0.4, 0.5) is 0 Å². The number of hydrogen-bond donors (Lipinski definition) is 1. The molecule has 1 aromatic carbocycles. The molecule has 0 aliphatic carbocycles. The molecule has 6 heteroatoms. The van der Waals surface area contributed by atoms with Gasteiger partial charge in [0.25, 0.3) is 0 Å². The molecule has 1 unspecified atom stereocenters. The average Bonchev–Trinajstić information content (AvgIpc) is 2.46. The lowest BCUT2D eigenvalue weighted by Crippen LogP contribution is -2.25. The summed E-state index contributed by atoms with van der Waals surface area (Å²) < 4.78 is 10.5. The van der Waals surface area contributed by atoms with Crippen LogP contribution < -0.4 is 10.5 Å². The number of ether oxygens (including phenoxy) is 2. The van der Waals surface area contributed by atoms with Crippen LogP contribution in [0.1, 0.15) is 19.4 Å². The molecule has 2 N–H and O–H groups in total. The normalized spacial score (nSPS) is 18.3. The van der Waals surface area contributed by atoms with Crippen molar-refractivity contribution in [2.75, 3.05) is 13.7 Å². The van der Waals surface area contributed by atoms with Crippen molar-refractivity contribution in [2.24, 2.45) is 10.7 Å². The van der Waals surface area contributed by atoms with Crippen molar-refractivity contribution in [1.29, 1.82) is 0 Å². The number of methoxy groups -OCH3 is 1. The number of thioether (sulfide) groups is 1. The number of rotatable bonds is 4. The summed E-state index contributed by atoms with van der Waals surface area (Å²) in [6, 6.07) is 7.51. The number of aliphatic imine (C=N–C) groups is 1. The quantitative estimate of drug-likeness (QED) is 0.865. The summed E-state index contributed by atoms with van der Waals surface area (Å²) in [4.78, 5) is 17.2. The number of carbonyl (C=O) groups excluding carboxylic acids is 1. The number of hydrogen-bond acceptors (Lipinski definition) is 6. The third-order valence-electron chi connectivity index (χ3n) is 2.98. The van der Waals surface area contributed by atoms with Gasteiger partial charge in [-0.2, -0.15) is 0 Å². The Hall–Kier alpha value is -1.79. The molecule has 1 aromatic rings. The zero-order chi connectivity index (χ0) is 15.4. The molecule has 1 aliphatic heterocycles. The maximum absolute atomic E-state index is 12.2. The maximum Gasteiger partial charge on any atom is 0.341 e. The number of carbonyl (C=O) groups is 1. The van der Waals surface area contributed by atoms with Crippen LogP contribution in [0.15, 0.2) is 34.8 Å². The summed E-state index contributed by atoms with van der Waals surface area (Å²) in [5.74, 6) is 0.294. The molecule has 0 fully saturated rings. The molecule has 0 spiro atoms. The molecule has 0 amide bonds. The van der Waals surface area contributed by atoms with Gasteiger partial charge in [-0.1, -0.05) is 30.0 Å². The number of nitrogens with zero attached hydrogens (tertiary/aromatic N) is 1. The standard InChI is InChI=1S/C15H18N2O3S/c1-4-20-14(18)12-9(2)17-15(16)21-13(12)10-7-5-6-8-11(10)19-3/h5-8,15H,4,16H2,1-3H3. The highest BCUT2D eigenvalue weighted by Crippen LogP contribution is 2.41. The average molecular weight is 306 g/mol. The number of benzene rings is 1. The predicted molar refractivity (Wildman–Crippen MR) is 85.2 cm³/mol. The molecule has 2 rings (SSSR count). The molecule has 0 radical (unpaired) electrons. The molecule has 21 heavy (non-hydrogen) atoms. The number of esters is 1. The van der Waals surface area contributed by atoms with Crippen LogP contribution in [-0.4, -0.2) is 30.9 Å². The lowest BCUT2D eigenvalue weighted by molar-refractivity contribution is -0.137. The minimum atomic E-state index is -0.442. The van der Waals surface area contributed by atoms with Crippen molar-refractivity contribution >= 4 is 28.3 Å². The van der Waals surface area contributed by atoms with E-state index in [9.17, 15) is 4.79 Å². The SMILES string of the molecule is CCOC(=O)C1=C(c2ccccc2OC)SC(N)N=C1C. The molecule has 1 aliphatic rings. The zero-order valence-electron chi connectivity index (χ0n) is 12.3. The predicted octanol–water partition coefficient (Wildman–Crippen LogP) is 2.42. The van der Waals surface area contributed by atoms with Crippen LogP contribution in [0.2, 0.25) is 0 Å². The van der Waals surface area contributed by atoms with Gasteiger partial charge in [-0.3, -0.25) is 4.99 Å². The molecule has 0 bridgehead atoms. The summed E-state index contributed by atoms with van der Waals surface area (Å²) in [6.07, 6.45) is 0. The van der Waals surface area contributed by atoms with Gasteiger partial charge in [0.15, 0.2) is 0 Å². The van der Waals surface area contributed by atoms with E-state index in [0.717, 1.165) is 10.5 Å². The van der Waals surface area contributed by atoms with Gasteiger partial charge in [-0.25, -0.2) is 4.79 Å². The number of para-hydroxylation sites is 1. The zero-order valence-corrected chi connectivity index (χ0v) is 13.1. The number of nitrogens with two attached hydrogens (primary N) is 1. The van der Waals surface area contributed by atoms with E-state index in [0.29, 0.717) is 23.6 Å². The van der Waals surface area contributed by atoms with Crippen molar-refractivity contribution in [1.82, 2.24) is 0 Å². The summed E-state index contributed by atoms with van der Waals surface area (Å²) in [6.45, 7) is 3.85. The van der Waals surface area contributed by atoms with E-state index in [1.165, 1.54) is 11.8 Å². The van der Waals surface area contributed by atoms with E-state index in [2.05, 4.69) is 4.99 Å². The van der Waals surface area contributed by atoms with Gasteiger partial charge in [-0.15, -0.1) is 0 Å². The molecule has 1 heterocycles. The van der Waals surface area contributed by atoms with Gasteiger partial charge in [-0.05, 0) is 19.9 Å². The first kappa shape index (κ1) is 15.6. The van der Waals surface area contributed by atoms with Crippen LogP contribution in [0.25, 0.3) is 4.91 Å². The minimum Gasteiger partial charge on any atom is -0.496 e. The minimum absolute atomic E-state index is 0.311. The Morgan fingerprint density at radius 1 is 1.43 bits per heavy atom. The third-order valence-corrected chi connectivity index (χ3v) is 3.99. The largest absolute Gasteiger partial charge is 0.496 e.